The van der Waals surface area contributed by atoms with Crippen molar-refractivity contribution in [2.45, 2.75) is 31.7 Å². The number of aromatic nitrogens is 1. The van der Waals surface area contributed by atoms with Crippen molar-refractivity contribution in [2.75, 3.05) is 44.6 Å². The Morgan fingerprint density at radius 2 is 2.00 bits per heavy atom. The van der Waals surface area contributed by atoms with Crippen LogP contribution in [0.4, 0.5) is 32.2 Å². The van der Waals surface area contributed by atoms with Crippen LogP contribution in [-0.4, -0.2) is 67.3 Å². The number of pyridine rings is 1. The molecule has 2 heterocycles. The number of hydrogen-bond donors (Lipinski definition) is 3. The van der Waals surface area contributed by atoms with Gasteiger partial charge in [-0.1, -0.05) is 0 Å². The number of halogens is 7. The number of guanidine groups is 1. The number of rotatable bonds is 7. The number of nitrogens with zero attached hydrogens (tertiary/aromatic N) is 3. The third-order valence-electron chi connectivity index (χ3n) is 4.15. The van der Waals surface area contributed by atoms with Gasteiger partial charge in [0.25, 0.3) is 0 Å². The smallest absolute Gasteiger partial charge is 0.368 e. The van der Waals surface area contributed by atoms with Crippen molar-refractivity contribution in [1.29, 1.82) is 0 Å². The summed E-state index contributed by atoms with van der Waals surface area (Å²) in [5.74, 6) is 0.136. The van der Waals surface area contributed by atoms with Crippen LogP contribution in [0.2, 0.25) is 0 Å². The molecule has 1 unspecified atom stereocenters. The summed E-state index contributed by atoms with van der Waals surface area (Å²) in [4.78, 5) is 9.30. The first-order chi connectivity index (χ1) is 13.6. The lowest BCUT2D eigenvalue weighted by Gasteiger charge is -2.20. The summed E-state index contributed by atoms with van der Waals surface area (Å²) in [6.07, 6.45) is -6.94. The van der Waals surface area contributed by atoms with Crippen LogP contribution in [0.15, 0.2) is 23.3 Å². The molecule has 172 valence electrons. The van der Waals surface area contributed by atoms with Crippen LogP contribution in [0, 0.1) is 0 Å². The summed E-state index contributed by atoms with van der Waals surface area (Å²) >= 11 is 0. The molecule has 1 aliphatic rings. The molecule has 0 aromatic carbocycles. The number of aliphatic imine (C=N–C) groups is 1. The Morgan fingerprint density at radius 3 is 2.63 bits per heavy atom. The third kappa shape index (κ3) is 9.10. The summed E-state index contributed by atoms with van der Waals surface area (Å²) in [7, 11) is 0. The van der Waals surface area contributed by atoms with E-state index in [-0.39, 0.29) is 55.5 Å². The van der Waals surface area contributed by atoms with Crippen LogP contribution < -0.4 is 16.0 Å². The summed E-state index contributed by atoms with van der Waals surface area (Å²) in [5, 5.41) is 8.67. The van der Waals surface area contributed by atoms with Gasteiger partial charge >= 0.3 is 12.4 Å². The van der Waals surface area contributed by atoms with Gasteiger partial charge in [-0.3, -0.25) is 9.89 Å². The fourth-order valence-corrected chi connectivity index (χ4v) is 2.98. The highest BCUT2D eigenvalue weighted by Gasteiger charge is 2.35. The van der Waals surface area contributed by atoms with Crippen LogP contribution in [0.25, 0.3) is 0 Å². The molecule has 2 rings (SSSR count). The molecule has 1 atom stereocenters. The molecular formula is C17H25F6IN6. The van der Waals surface area contributed by atoms with Crippen molar-refractivity contribution < 1.29 is 26.3 Å². The maximum Gasteiger partial charge on any atom is 0.419 e. The molecule has 0 spiro atoms. The second-order valence-corrected chi connectivity index (χ2v) is 6.56. The minimum atomic E-state index is -4.51. The zero-order valence-electron chi connectivity index (χ0n) is 16.3. The highest BCUT2D eigenvalue weighted by atomic mass is 127. The summed E-state index contributed by atoms with van der Waals surface area (Å²) < 4.78 is 76.3. The van der Waals surface area contributed by atoms with Crippen LogP contribution in [-0.2, 0) is 6.18 Å². The minimum absolute atomic E-state index is 0. The van der Waals surface area contributed by atoms with Crippen molar-refractivity contribution in [3.63, 3.8) is 0 Å². The topological polar surface area (TPSA) is 64.6 Å². The fraction of sp³-hybridized carbons (Fsp3) is 0.647. The Balaban J connectivity index is 0.00000450. The summed E-state index contributed by atoms with van der Waals surface area (Å²) in [6, 6.07) is 1.97. The van der Waals surface area contributed by atoms with Crippen molar-refractivity contribution in [1.82, 2.24) is 20.5 Å². The molecule has 1 aromatic heterocycles. The molecule has 1 saturated heterocycles. The third-order valence-corrected chi connectivity index (χ3v) is 4.15. The van der Waals surface area contributed by atoms with Gasteiger partial charge in [-0.15, -0.1) is 24.0 Å². The largest absolute Gasteiger partial charge is 0.419 e. The van der Waals surface area contributed by atoms with Gasteiger partial charge in [0.05, 0.1) is 18.7 Å². The van der Waals surface area contributed by atoms with Gasteiger partial charge in [-0.05, 0) is 25.5 Å². The van der Waals surface area contributed by atoms with Crippen LogP contribution >= 0.6 is 24.0 Å². The maximum atomic E-state index is 12.9. The zero-order valence-corrected chi connectivity index (χ0v) is 18.6. The SMILES string of the molecule is CCNC(=NCCNc1ncccc1C(F)(F)F)NC1CCN(CC(F)(F)F)C1.I. The Labute approximate surface area is 187 Å². The molecule has 13 heteroatoms. The molecule has 0 aliphatic carbocycles. The number of likely N-dealkylation sites (tertiary alicyclic amines) is 1. The Kier molecular flexibility index (Phi) is 10.4. The first-order valence-electron chi connectivity index (χ1n) is 9.18. The lowest BCUT2D eigenvalue weighted by Crippen LogP contribution is -2.45. The molecular weight excluding hydrogens is 529 g/mol. The monoisotopic (exact) mass is 554 g/mol. The van der Waals surface area contributed by atoms with E-state index in [9.17, 15) is 26.3 Å². The Bertz CT molecular complexity index is 681. The standard InChI is InChI=1S/C17H24F6N6.HI/c1-2-24-15(28-12-5-9-29(10-12)11-16(18,19)20)27-8-7-26-14-13(17(21,22)23)4-3-6-25-14;/h3-4,6,12H,2,5,7-11H2,1H3,(H,25,26)(H2,24,27,28);1H. The van der Waals surface area contributed by atoms with Gasteiger partial charge in [0, 0.05) is 38.4 Å². The summed E-state index contributed by atoms with van der Waals surface area (Å²) in [5.41, 5.74) is -0.857. The van der Waals surface area contributed by atoms with E-state index in [0.717, 1.165) is 6.07 Å². The number of anilines is 1. The number of alkyl halides is 6. The second kappa shape index (κ2) is 11.8. The summed E-state index contributed by atoms with van der Waals surface area (Å²) in [6.45, 7) is 2.27. The molecule has 0 radical (unpaired) electrons. The molecule has 1 fully saturated rings. The zero-order chi connectivity index (χ0) is 21.5. The Morgan fingerprint density at radius 1 is 1.27 bits per heavy atom. The molecule has 1 aliphatic heterocycles. The quantitative estimate of drug-likeness (QED) is 0.159. The molecule has 1 aromatic rings. The van der Waals surface area contributed by atoms with Gasteiger partial charge in [-0.25, -0.2) is 4.98 Å². The molecule has 6 nitrogen and oxygen atoms in total. The van der Waals surface area contributed by atoms with Crippen molar-refractivity contribution in [2.24, 2.45) is 4.99 Å². The number of hydrogen-bond acceptors (Lipinski definition) is 4. The molecule has 0 amide bonds. The van der Waals surface area contributed by atoms with E-state index in [1.54, 1.807) is 0 Å². The number of nitrogens with one attached hydrogen (secondary N) is 3. The molecule has 0 bridgehead atoms. The second-order valence-electron chi connectivity index (χ2n) is 6.56. The van der Waals surface area contributed by atoms with Crippen molar-refractivity contribution >= 4 is 35.8 Å². The van der Waals surface area contributed by atoms with E-state index in [4.69, 9.17) is 0 Å². The first kappa shape index (κ1) is 26.5. The van der Waals surface area contributed by atoms with Gasteiger partial charge < -0.3 is 16.0 Å². The predicted octanol–water partition coefficient (Wildman–Crippen LogP) is 3.32. The molecule has 30 heavy (non-hydrogen) atoms. The van der Waals surface area contributed by atoms with E-state index < -0.39 is 24.5 Å². The lowest BCUT2D eigenvalue weighted by molar-refractivity contribution is -0.143. The van der Waals surface area contributed by atoms with Crippen LogP contribution in [0.3, 0.4) is 0 Å². The van der Waals surface area contributed by atoms with E-state index in [2.05, 4.69) is 25.9 Å². The average Bonchev–Trinajstić information content (AvgIpc) is 3.03. The molecule has 0 saturated carbocycles. The maximum absolute atomic E-state index is 12.9. The fourth-order valence-electron chi connectivity index (χ4n) is 2.98. The van der Waals surface area contributed by atoms with Crippen LogP contribution in [0.1, 0.15) is 18.9 Å². The lowest BCUT2D eigenvalue weighted by atomic mass is 10.2. The van der Waals surface area contributed by atoms with E-state index in [1.165, 1.54) is 17.2 Å². The van der Waals surface area contributed by atoms with Gasteiger partial charge in [-0.2, -0.15) is 26.3 Å². The highest BCUT2D eigenvalue weighted by molar-refractivity contribution is 14.0. The molecule has 3 N–H and O–H groups in total. The average molecular weight is 554 g/mol. The van der Waals surface area contributed by atoms with Gasteiger partial charge in [0.2, 0.25) is 0 Å². The van der Waals surface area contributed by atoms with Gasteiger partial charge in [0.15, 0.2) is 5.96 Å². The van der Waals surface area contributed by atoms with Gasteiger partial charge in [0.1, 0.15) is 5.82 Å². The van der Waals surface area contributed by atoms with E-state index >= 15 is 0 Å². The Hall–Kier alpha value is -1.51. The van der Waals surface area contributed by atoms with E-state index in [0.29, 0.717) is 25.5 Å². The van der Waals surface area contributed by atoms with Crippen molar-refractivity contribution in [3.8, 4) is 0 Å². The normalized spacial score (nSPS) is 18.1. The highest BCUT2D eigenvalue weighted by Crippen LogP contribution is 2.33. The first-order valence-corrected chi connectivity index (χ1v) is 9.18. The van der Waals surface area contributed by atoms with Crippen molar-refractivity contribution in [3.05, 3.63) is 23.9 Å². The predicted molar refractivity (Wildman–Crippen MR) is 113 cm³/mol. The van der Waals surface area contributed by atoms with Crippen LogP contribution in [0.5, 0.6) is 0 Å². The van der Waals surface area contributed by atoms with E-state index in [1.807, 2.05) is 6.92 Å². The minimum Gasteiger partial charge on any atom is -0.368 e.